The Balaban J connectivity index is 2.81. The molecule has 1 aromatic carbocycles. The van der Waals surface area contributed by atoms with E-state index in [-0.39, 0.29) is 5.91 Å². The average molecular weight is 226 g/mol. The lowest BCUT2D eigenvalue weighted by molar-refractivity contribution is -0.0554. The molecule has 84 valence electrons. The summed E-state index contributed by atoms with van der Waals surface area (Å²) < 4.78 is 16.3. The van der Waals surface area contributed by atoms with Crippen molar-refractivity contribution in [3.8, 4) is 0 Å². The molecular formula is C11H18O3Si. The van der Waals surface area contributed by atoms with Crippen LogP contribution in [-0.2, 0) is 13.9 Å². The van der Waals surface area contributed by atoms with E-state index in [1.54, 1.807) is 14.2 Å². The molecule has 1 unspecified atom stereocenters. The summed E-state index contributed by atoms with van der Waals surface area (Å²) in [5.41, 5.74) is 0. The molecule has 1 rings (SSSR count). The predicted molar refractivity (Wildman–Crippen MR) is 62.7 cm³/mol. The number of rotatable bonds is 6. The highest BCUT2D eigenvalue weighted by Crippen LogP contribution is 2.01. The van der Waals surface area contributed by atoms with Crippen molar-refractivity contribution in [2.75, 3.05) is 20.8 Å². The van der Waals surface area contributed by atoms with Crippen molar-refractivity contribution in [2.45, 2.75) is 12.8 Å². The van der Waals surface area contributed by atoms with Gasteiger partial charge >= 0.3 is 0 Å². The van der Waals surface area contributed by atoms with E-state index in [1.165, 1.54) is 5.19 Å². The molecule has 4 heteroatoms. The summed E-state index contributed by atoms with van der Waals surface area (Å²) >= 11 is 0. The Morgan fingerprint density at radius 3 is 2.20 bits per heavy atom. The van der Waals surface area contributed by atoms with Crippen molar-refractivity contribution in [3.63, 3.8) is 0 Å². The van der Waals surface area contributed by atoms with Crippen LogP contribution in [0.1, 0.15) is 6.92 Å². The van der Waals surface area contributed by atoms with E-state index in [0.717, 1.165) is 0 Å². The van der Waals surface area contributed by atoms with Crippen LogP contribution in [0.25, 0.3) is 0 Å². The molecule has 1 atom stereocenters. The molecule has 1 aromatic rings. The van der Waals surface area contributed by atoms with Gasteiger partial charge in [-0.2, -0.15) is 0 Å². The molecule has 0 aliphatic heterocycles. The lowest BCUT2D eigenvalue weighted by Crippen LogP contribution is -2.47. The van der Waals surface area contributed by atoms with E-state index in [4.69, 9.17) is 13.9 Å². The van der Waals surface area contributed by atoms with Gasteiger partial charge in [0.05, 0.1) is 0 Å². The number of methoxy groups -OCH3 is 2. The Morgan fingerprint density at radius 2 is 1.73 bits per heavy atom. The normalized spacial score (nSPS) is 13.1. The molecule has 0 heterocycles. The van der Waals surface area contributed by atoms with Crippen molar-refractivity contribution in [2.24, 2.45) is 0 Å². The monoisotopic (exact) mass is 226 g/mol. The molecule has 0 saturated carbocycles. The quantitative estimate of drug-likeness (QED) is 0.531. The Morgan fingerprint density at radius 1 is 1.13 bits per heavy atom. The lowest BCUT2D eigenvalue weighted by atomic mass is 10.4. The van der Waals surface area contributed by atoms with Gasteiger partial charge in [-0.15, -0.1) is 0 Å². The highest BCUT2D eigenvalue weighted by atomic mass is 28.3. The van der Waals surface area contributed by atoms with Gasteiger partial charge in [0, 0.05) is 20.8 Å². The number of ether oxygens (including phenoxy) is 2. The zero-order valence-electron chi connectivity index (χ0n) is 9.47. The lowest BCUT2D eigenvalue weighted by Gasteiger charge is -2.23. The Bertz CT molecular complexity index is 262. The Hall–Kier alpha value is -0.683. The SMILES string of the molecule is CCO[SiH](c1ccccc1)C(OC)OC. The van der Waals surface area contributed by atoms with Crippen LogP contribution in [-0.4, -0.2) is 35.8 Å². The van der Waals surface area contributed by atoms with E-state index in [1.807, 2.05) is 25.1 Å². The fraction of sp³-hybridized carbons (Fsp3) is 0.455. The summed E-state index contributed by atoms with van der Waals surface area (Å²) in [6.07, 6.45) is 0. The van der Waals surface area contributed by atoms with Gasteiger partial charge in [-0.1, -0.05) is 30.3 Å². The van der Waals surface area contributed by atoms with Gasteiger partial charge in [0.15, 0.2) is 5.91 Å². The molecule has 0 N–H and O–H groups in total. The molecule has 0 aliphatic rings. The molecule has 15 heavy (non-hydrogen) atoms. The summed E-state index contributed by atoms with van der Waals surface area (Å²) in [4.78, 5) is 0. The van der Waals surface area contributed by atoms with Crippen molar-refractivity contribution >= 4 is 14.2 Å². The van der Waals surface area contributed by atoms with Crippen molar-refractivity contribution in [3.05, 3.63) is 30.3 Å². The summed E-state index contributed by atoms with van der Waals surface area (Å²) in [5, 5.41) is 1.20. The molecule has 0 spiro atoms. The van der Waals surface area contributed by atoms with Gasteiger partial charge in [-0.25, -0.2) is 0 Å². The highest BCUT2D eigenvalue weighted by Gasteiger charge is 2.25. The summed E-state index contributed by atoms with van der Waals surface area (Å²) in [7, 11) is 1.65. The van der Waals surface area contributed by atoms with Crippen LogP contribution in [0.5, 0.6) is 0 Å². The standard InChI is InChI=1S/C11H18O3Si/c1-4-14-15(11(12-2)13-3)10-8-6-5-7-9-10/h5-9,11,15H,4H2,1-3H3. The zero-order valence-corrected chi connectivity index (χ0v) is 10.6. The van der Waals surface area contributed by atoms with Crippen molar-refractivity contribution in [1.29, 1.82) is 0 Å². The van der Waals surface area contributed by atoms with Gasteiger partial charge in [-0.3, -0.25) is 0 Å². The molecule has 0 bridgehead atoms. The van der Waals surface area contributed by atoms with Gasteiger partial charge < -0.3 is 13.9 Å². The molecular weight excluding hydrogens is 208 g/mol. The minimum Gasteiger partial charge on any atom is -0.410 e. The van der Waals surface area contributed by atoms with Crippen molar-refractivity contribution in [1.82, 2.24) is 0 Å². The van der Waals surface area contributed by atoms with E-state index in [0.29, 0.717) is 6.61 Å². The second-order valence-electron chi connectivity index (χ2n) is 3.13. The molecule has 0 amide bonds. The predicted octanol–water partition coefficient (Wildman–Crippen LogP) is 0.812. The van der Waals surface area contributed by atoms with E-state index in [9.17, 15) is 0 Å². The maximum atomic E-state index is 5.76. The van der Waals surface area contributed by atoms with Gasteiger partial charge in [0.25, 0.3) is 9.04 Å². The Kier molecular flexibility index (Phi) is 5.56. The largest absolute Gasteiger partial charge is 0.410 e. The third-order valence-electron chi connectivity index (χ3n) is 2.19. The third kappa shape index (κ3) is 3.42. The van der Waals surface area contributed by atoms with Crippen LogP contribution in [0.4, 0.5) is 0 Å². The molecule has 0 aliphatic carbocycles. The third-order valence-corrected chi connectivity index (χ3v) is 4.96. The maximum absolute atomic E-state index is 5.76. The summed E-state index contributed by atoms with van der Waals surface area (Å²) in [6.45, 7) is 2.68. The first kappa shape index (κ1) is 12.4. The minimum absolute atomic E-state index is 0.229. The summed E-state index contributed by atoms with van der Waals surface area (Å²) in [6, 6.07) is 10.2. The maximum Gasteiger partial charge on any atom is 0.268 e. The topological polar surface area (TPSA) is 27.7 Å². The first-order valence-corrected chi connectivity index (χ1v) is 6.77. The molecule has 3 nitrogen and oxygen atoms in total. The van der Waals surface area contributed by atoms with Crippen LogP contribution in [0.3, 0.4) is 0 Å². The van der Waals surface area contributed by atoms with Gasteiger partial charge in [0.2, 0.25) is 0 Å². The highest BCUT2D eigenvalue weighted by molar-refractivity contribution is 6.68. The second kappa shape index (κ2) is 6.74. The smallest absolute Gasteiger partial charge is 0.268 e. The fourth-order valence-corrected chi connectivity index (χ4v) is 3.62. The first-order chi connectivity index (χ1) is 7.33. The molecule has 0 aromatic heterocycles. The van der Waals surface area contributed by atoms with Crippen LogP contribution < -0.4 is 5.19 Å². The Labute approximate surface area is 92.7 Å². The van der Waals surface area contributed by atoms with E-state index in [2.05, 4.69) is 12.1 Å². The molecule has 0 fully saturated rings. The number of hydrogen-bond acceptors (Lipinski definition) is 3. The van der Waals surface area contributed by atoms with Crippen LogP contribution in [0.15, 0.2) is 30.3 Å². The zero-order chi connectivity index (χ0) is 11.1. The summed E-state index contributed by atoms with van der Waals surface area (Å²) in [5.74, 6) is -0.229. The van der Waals surface area contributed by atoms with Crippen molar-refractivity contribution < 1.29 is 13.9 Å². The van der Waals surface area contributed by atoms with Gasteiger partial charge in [0.1, 0.15) is 0 Å². The average Bonchev–Trinajstić information content (AvgIpc) is 2.30. The number of benzene rings is 1. The fourth-order valence-electron chi connectivity index (χ4n) is 1.50. The van der Waals surface area contributed by atoms with E-state index < -0.39 is 9.04 Å². The molecule has 0 radical (unpaired) electrons. The van der Waals surface area contributed by atoms with E-state index >= 15 is 0 Å². The van der Waals surface area contributed by atoms with Crippen LogP contribution in [0, 0.1) is 0 Å². The number of hydrogen-bond donors (Lipinski definition) is 0. The molecule has 0 saturated heterocycles. The van der Waals surface area contributed by atoms with Crippen LogP contribution >= 0.6 is 0 Å². The first-order valence-electron chi connectivity index (χ1n) is 5.05. The minimum atomic E-state index is -1.65. The van der Waals surface area contributed by atoms with Crippen LogP contribution in [0.2, 0.25) is 0 Å². The van der Waals surface area contributed by atoms with Gasteiger partial charge in [-0.05, 0) is 12.1 Å². The second-order valence-corrected chi connectivity index (χ2v) is 5.51.